The van der Waals surface area contributed by atoms with Crippen LogP contribution in [0.25, 0.3) is 6.08 Å². The number of anilines is 1. The van der Waals surface area contributed by atoms with Gasteiger partial charge in [-0.15, -0.1) is 10.2 Å². The smallest absolute Gasteiger partial charge is 0.268 e. The second kappa shape index (κ2) is 10.9. The highest BCUT2D eigenvalue weighted by Gasteiger charge is 2.18. The molecule has 1 amide bonds. The van der Waals surface area contributed by atoms with Crippen molar-refractivity contribution in [3.63, 3.8) is 0 Å². The van der Waals surface area contributed by atoms with Gasteiger partial charge in [-0.1, -0.05) is 35.6 Å². The second-order valence-electron chi connectivity index (χ2n) is 6.79. The fourth-order valence-corrected chi connectivity index (χ4v) is 4.17. The Morgan fingerprint density at radius 3 is 2.62 bits per heavy atom. The van der Waals surface area contributed by atoms with Crippen molar-refractivity contribution in [1.29, 1.82) is 5.26 Å². The Hall–Kier alpha value is -3.82. The maximum atomic E-state index is 13.9. The van der Waals surface area contributed by atoms with E-state index >= 15 is 0 Å². The largest absolute Gasteiger partial charge is 0.490 e. The molecule has 0 fully saturated rings. The zero-order valence-electron chi connectivity index (χ0n) is 18.1. The molecule has 0 spiro atoms. The van der Waals surface area contributed by atoms with E-state index in [4.69, 9.17) is 9.47 Å². The van der Waals surface area contributed by atoms with E-state index in [1.165, 1.54) is 12.1 Å². The lowest BCUT2D eigenvalue weighted by Crippen LogP contribution is -2.13. The minimum atomic E-state index is -3.56. The number of nitrogens with one attached hydrogen (secondary N) is 1. The van der Waals surface area contributed by atoms with Crippen molar-refractivity contribution in [1.82, 2.24) is 10.2 Å². The lowest BCUT2D eigenvalue weighted by molar-refractivity contribution is -0.112. The van der Waals surface area contributed by atoms with Crippen LogP contribution in [-0.4, -0.2) is 37.4 Å². The van der Waals surface area contributed by atoms with E-state index in [0.29, 0.717) is 40.6 Å². The number of amides is 1. The molecular formula is C22H19FN4O5S2. The Balaban J connectivity index is 1.79. The minimum absolute atomic E-state index is 0.00883. The first-order valence-corrected chi connectivity index (χ1v) is 12.5. The van der Waals surface area contributed by atoms with Gasteiger partial charge in [0, 0.05) is 11.8 Å². The fourth-order valence-electron chi connectivity index (χ4n) is 2.66. The molecule has 3 rings (SSSR count). The van der Waals surface area contributed by atoms with E-state index in [1.807, 2.05) is 0 Å². The van der Waals surface area contributed by atoms with Gasteiger partial charge in [-0.3, -0.25) is 10.1 Å². The van der Waals surface area contributed by atoms with Crippen LogP contribution in [0.2, 0.25) is 0 Å². The SMILES string of the molecule is CCOc1cc(/C=C(/C#N)C(=O)Nc2nnc(S(C)(=O)=O)s2)ccc1OCc1ccccc1F. The van der Waals surface area contributed by atoms with Crippen molar-refractivity contribution in [2.24, 2.45) is 0 Å². The number of aromatic nitrogens is 2. The summed E-state index contributed by atoms with van der Waals surface area (Å²) in [5.74, 6) is -0.445. The summed E-state index contributed by atoms with van der Waals surface area (Å²) < 4.78 is 47.9. The van der Waals surface area contributed by atoms with Crippen LogP contribution in [-0.2, 0) is 21.2 Å². The molecule has 12 heteroatoms. The lowest BCUT2D eigenvalue weighted by Gasteiger charge is -2.13. The highest BCUT2D eigenvalue weighted by molar-refractivity contribution is 7.92. The average molecular weight is 503 g/mol. The number of nitrogens with zero attached hydrogens (tertiary/aromatic N) is 3. The van der Waals surface area contributed by atoms with Gasteiger partial charge < -0.3 is 9.47 Å². The monoisotopic (exact) mass is 502 g/mol. The summed E-state index contributed by atoms with van der Waals surface area (Å²) in [5.41, 5.74) is 0.606. The molecular weight excluding hydrogens is 483 g/mol. The molecule has 0 aliphatic rings. The number of hydrogen-bond donors (Lipinski definition) is 1. The Morgan fingerprint density at radius 1 is 1.21 bits per heavy atom. The number of nitriles is 1. The van der Waals surface area contributed by atoms with E-state index in [1.54, 1.807) is 49.4 Å². The van der Waals surface area contributed by atoms with E-state index in [9.17, 15) is 22.9 Å². The van der Waals surface area contributed by atoms with Crippen LogP contribution in [0.4, 0.5) is 9.52 Å². The third-order valence-electron chi connectivity index (χ3n) is 4.23. The summed E-state index contributed by atoms with van der Waals surface area (Å²) in [7, 11) is -3.56. The van der Waals surface area contributed by atoms with Crippen molar-refractivity contribution < 1.29 is 27.1 Å². The van der Waals surface area contributed by atoms with Crippen molar-refractivity contribution in [2.45, 2.75) is 17.9 Å². The number of carbonyl (C=O) groups excluding carboxylic acids is 1. The Bertz CT molecular complexity index is 1380. The zero-order chi connectivity index (χ0) is 24.7. The Morgan fingerprint density at radius 2 is 1.97 bits per heavy atom. The molecule has 0 saturated heterocycles. The maximum Gasteiger partial charge on any atom is 0.268 e. The molecule has 0 saturated carbocycles. The molecule has 34 heavy (non-hydrogen) atoms. The van der Waals surface area contributed by atoms with Crippen LogP contribution in [0.15, 0.2) is 52.4 Å². The zero-order valence-corrected chi connectivity index (χ0v) is 19.7. The summed E-state index contributed by atoms with van der Waals surface area (Å²) in [6.45, 7) is 2.10. The van der Waals surface area contributed by atoms with Crippen LogP contribution < -0.4 is 14.8 Å². The first-order chi connectivity index (χ1) is 16.2. The summed E-state index contributed by atoms with van der Waals surface area (Å²) in [5, 5.41) is 18.8. The molecule has 2 aromatic carbocycles. The second-order valence-corrected chi connectivity index (χ2v) is 9.96. The number of halogens is 1. The minimum Gasteiger partial charge on any atom is -0.490 e. The number of rotatable bonds is 9. The standard InChI is InChI=1S/C22H19FN4O5S2/c1-3-31-19-11-14(8-9-18(19)32-13-15-6-4-5-7-17(15)23)10-16(12-24)20(28)25-21-26-27-22(33-21)34(2,29)30/h4-11H,3,13H2,1-2H3,(H,25,26,28)/b16-10-. The van der Waals surface area contributed by atoms with Crippen molar-refractivity contribution in [3.8, 4) is 17.6 Å². The van der Waals surface area contributed by atoms with E-state index in [0.717, 1.165) is 6.26 Å². The highest BCUT2D eigenvalue weighted by atomic mass is 32.2. The summed E-state index contributed by atoms with van der Waals surface area (Å²) in [4.78, 5) is 12.5. The number of carbonyl (C=O) groups is 1. The van der Waals surface area contributed by atoms with Crippen molar-refractivity contribution in [2.75, 3.05) is 18.2 Å². The predicted molar refractivity (Wildman–Crippen MR) is 124 cm³/mol. The summed E-state index contributed by atoms with van der Waals surface area (Å²) in [6, 6.07) is 12.8. The normalized spacial score (nSPS) is 11.5. The molecule has 1 heterocycles. The van der Waals surface area contributed by atoms with Gasteiger partial charge in [0.15, 0.2) is 11.5 Å². The number of ether oxygens (including phenoxy) is 2. The molecule has 3 aromatic rings. The first-order valence-electron chi connectivity index (χ1n) is 9.81. The van der Waals surface area contributed by atoms with Gasteiger partial charge in [-0.2, -0.15) is 5.26 Å². The Labute approximate surface area is 199 Å². The van der Waals surface area contributed by atoms with Crippen LogP contribution in [0, 0.1) is 17.1 Å². The highest BCUT2D eigenvalue weighted by Crippen LogP contribution is 2.30. The molecule has 0 aliphatic heterocycles. The number of benzene rings is 2. The maximum absolute atomic E-state index is 13.9. The van der Waals surface area contributed by atoms with Gasteiger partial charge >= 0.3 is 0 Å². The van der Waals surface area contributed by atoms with Gasteiger partial charge in [-0.25, -0.2) is 12.8 Å². The topological polar surface area (TPSA) is 131 Å². The molecule has 0 bridgehead atoms. The molecule has 0 atom stereocenters. The first kappa shape index (κ1) is 24.8. The van der Waals surface area contributed by atoms with Gasteiger partial charge in [0.2, 0.25) is 19.3 Å². The summed E-state index contributed by atoms with van der Waals surface area (Å²) in [6.07, 6.45) is 2.30. The van der Waals surface area contributed by atoms with E-state index in [-0.39, 0.29) is 27.5 Å². The third kappa shape index (κ3) is 6.37. The van der Waals surface area contributed by atoms with Crippen LogP contribution in [0.3, 0.4) is 0 Å². The van der Waals surface area contributed by atoms with Gasteiger partial charge in [-0.05, 0) is 36.8 Å². The molecule has 176 valence electrons. The predicted octanol–water partition coefficient (Wildman–Crippen LogP) is 3.60. The number of hydrogen-bond acceptors (Lipinski definition) is 9. The van der Waals surface area contributed by atoms with E-state index < -0.39 is 15.7 Å². The van der Waals surface area contributed by atoms with Crippen molar-refractivity contribution >= 4 is 38.3 Å². The van der Waals surface area contributed by atoms with Crippen LogP contribution in [0.1, 0.15) is 18.1 Å². The van der Waals surface area contributed by atoms with Gasteiger partial charge in [0.25, 0.3) is 5.91 Å². The summed E-state index contributed by atoms with van der Waals surface area (Å²) >= 11 is 0.676. The fraction of sp³-hybridized carbons (Fsp3) is 0.182. The molecule has 0 aliphatic carbocycles. The molecule has 9 nitrogen and oxygen atoms in total. The molecule has 1 aromatic heterocycles. The van der Waals surface area contributed by atoms with Crippen molar-refractivity contribution in [3.05, 3.63) is 65.0 Å². The van der Waals surface area contributed by atoms with Crippen LogP contribution in [0.5, 0.6) is 11.5 Å². The average Bonchev–Trinajstić information content (AvgIpc) is 3.27. The lowest BCUT2D eigenvalue weighted by atomic mass is 10.1. The Kier molecular flexibility index (Phi) is 7.93. The third-order valence-corrected chi connectivity index (χ3v) is 6.74. The quantitative estimate of drug-likeness (QED) is 0.267. The van der Waals surface area contributed by atoms with Gasteiger partial charge in [0.1, 0.15) is 24.1 Å². The molecule has 0 radical (unpaired) electrons. The number of sulfone groups is 1. The molecule has 0 unspecified atom stereocenters. The van der Waals surface area contributed by atoms with Gasteiger partial charge in [0.05, 0.1) is 6.61 Å². The molecule has 1 N–H and O–H groups in total. The van der Waals surface area contributed by atoms with E-state index in [2.05, 4.69) is 15.5 Å². The van der Waals surface area contributed by atoms with Crippen LogP contribution >= 0.6 is 11.3 Å².